The number of benzene rings is 2. The lowest BCUT2D eigenvalue weighted by atomic mass is 10.2. The Labute approximate surface area is 172 Å². The van der Waals surface area contributed by atoms with E-state index in [1.54, 1.807) is 48.0 Å². The zero-order chi connectivity index (χ0) is 21.0. The van der Waals surface area contributed by atoms with Crippen molar-refractivity contribution in [3.05, 3.63) is 48.5 Å². The lowest BCUT2D eigenvalue weighted by Crippen LogP contribution is -2.14. The van der Waals surface area contributed by atoms with E-state index in [1.165, 1.54) is 23.9 Å². The summed E-state index contributed by atoms with van der Waals surface area (Å²) in [6.07, 6.45) is 1.09. The Morgan fingerprint density at radius 1 is 1.14 bits per heavy atom. The molecule has 0 aliphatic heterocycles. The maximum atomic E-state index is 12.1. The molecule has 0 saturated heterocycles. The molecule has 0 radical (unpaired) electrons. The molecule has 3 aromatic rings. The van der Waals surface area contributed by atoms with Crippen molar-refractivity contribution >= 4 is 39.1 Å². The Morgan fingerprint density at radius 2 is 1.86 bits per heavy atom. The summed E-state index contributed by atoms with van der Waals surface area (Å²) in [5.41, 5.74) is 1.73. The predicted molar refractivity (Wildman–Crippen MR) is 112 cm³/mol. The van der Waals surface area contributed by atoms with Crippen LogP contribution in [0.15, 0.2) is 53.7 Å². The topological polar surface area (TPSA) is 126 Å². The third-order valence-corrected chi connectivity index (χ3v) is 5.37. The molecule has 11 heteroatoms. The summed E-state index contributed by atoms with van der Waals surface area (Å²) >= 11 is 1.23. The third-order valence-electron chi connectivity index (χ3n) is 3.74. The summed E-state index contributed by atoms with van der Waals surface area (Å²) in [7, 11) is -1.55. The number of aromatic nitrogens is 3. The van der Waals surface area contributed by atoms with Gasteiger partial charge in [0, 0.05) is 30.1 Å². The highest BCUT2D eigenvalue weighted by molar-refractivity contribution is 7.99. The minimum atomic E-state index is -3.34. The Kier molecular flexibility index (Phi) is 6.09. The molecule has 1 amide bonds. The number of anilines is 2. The minimum Gasteiger partial charge on any atom is -0.508 e. The number of phenolic OH excluding ortho intramolecular Hbond substituents is 1. The quantitative estimate of drug-likeness (QED) is 0.488. The van der Waals surface area contributed by atoms with Crippen LogP contribution >= 0.6 is 11.8 Å². The Balaban J connectivity index is 1.64. The van der Waals surface area contributed by atoms with Crippen LogP contribution in [-0.4, -0.2) is 46.2 Å². The smallest absolute Gasteiger partial charge is 0.234 e. The number of thioether (sulfide) groups is 1. The van der Waals surface area contributed by atoms with Gasteiger partial charge in [0.2, 0.25) is 15.9 Å². The first-order valence-electron chi connectivity index (χ1n) is 8.40. The van der Waals surface area contributed by atoms with E-state index in [0.717, 1.165) is 11.8 Å². The summed E-state index contributed by atoms with van der Waals surface area (Å²) < 4.78 is 26.7. The van der Waals surface area contributed by atoms with Crippen molar-refractivity contribution in [3.8, 4) is 17.1 Å². The van der Waals surface area contributed by atoms with Gasteiger partial charge in [0.1, 0.15) is 5.75 Å². The molecule has 0 unspecified atom stereocenters. The molecule has 0 aliphatic carbocycles. The SMILES string of the molecule is Cn1c(SCC(=O)Nc2cccc(O)c2)nnc1-c1ccc(NS(C)(=O)=O)cc1. The first-order chi connectivity index (χ1) is 13.7. The van der Waals surface area contributed by atoms with Crippen molar-refractivity contribution in [1.82, 2.24) is 14.8 Å². The van der Waals surface area contributed by atoms with Gasteiger partial charge >= 0.3 is 0 Å². The second-order valence-electron chi connectivity index (χ2n) is 6.20. The van der Waals surface area contributed by atoms with E-state index in [0.29, 0.717) is 22.4 Å². The van der Waals surface area contributed by atoms with E-state index >= 15 is 0 Å². The van der Waals surface area contributed by atoms with Crippen molar-refractivity contribution < 1.29 is 18.3 Å². The average molecular weight is 434 g/mol. The molecular formula is C18H19N5O4S2. The highest BCUT2D eigenvalue weighted by Crippen LogP contribution is 2.24. The highest BCUT2D eigenvalue weighted by Gasteiger charge is 2.13. The van der Waals surface area contributed by atoms with Gasteiger partial charge in [-0.15, -0.1) is 10.2 Å². The van der Waals surface area contributed by atoms with Gasteiger partial charge in [-0.3, -0.25) is 9.52 Å². The number of carbonyl (C=O) groups excluding carboxylic acids is 1. The van der Waals surface area contributed by atoms with Crippen LogP contribution in [0.25, 0.3) is 11.4 Å². The number of carbonyl (C=O) groups is 1. The van der Waals surface area contributed by atoms with Crippen LogP contribution in [0.3, 0.4) is 0 Å². The molecule has 0 aliphatic rings. The Bertz CT molecular complexity index is 1130. The van der Waals surface area contributed by atoms with Crippen molar-refractivity contribution in [3.63, 3.8) is 0 Å². The number of nitrogens with zero attached hydrogens (tertiary/aromatic N) is 3. The monoisotopic (exact) mass is 433 g/mol. The van der Waals surface area contributed by atoms with Crippen LogP contribution in [0.1, 0.15) is 0 Å². The fraction of sp³-hybridized carbons (Fsp3) is 0.167. The van der Waals surface area contributed by atoms with Gasteiger partial charge in [-0.1, -0.05) is 17.8 Å². The summed E-state index contributed by atoms with van der Waals surface area (Å²) in [6, 6.07) is 13.1. The minimum absolute atomic E-state index is 0.0751. The second-order valence-corrected chi connectivity index (χ2v) is 8.89. The van der Waals surface area contributed by atoms with Gasteiger partial charge in [0.25, 0.3) is 0 Å². The van der Waals surface area contributed by atoms with Crippen molar-refractivity contribution in [2.75, 3.05) is 22.0 Å². The molecule has 2 aromatic carbocycles. The van der Waals surface area contributed by atoms with Crippen LogP contribution in [-0.2, 0) is 21.9 Å². The number of phenols is 1. The average Bonchev–Trinajstić information content (AvgIpc) is 3.00. The second kappa shape index (κ2) is 8.53. The number of aromatic hydroxyl groups is 1. The van der Waals surface area contributed by atoms with E-state index in [-0.39, 0.29) is 17.4 Å². The number of hydrogen-bond acceptors (Lipinski definition) is 7. The first kappa shape index (κ1) is 20.7. The highest BCUT2D eigenvalue weighted by atomic mass is 32.2. The molecule has 1 aromatic heterocycles. The lowest BCUT2D eigenvalue weighted by Gasteiger charge is -2.07. The molecule has 0 atom stereocenters. The normalized spacial score (nSPS) is 11.2. The number of nitrogens with one attached hydrogen (secondary N) is 2. The van der Waals surface area contributed by atoms with E-state index in [9.17, 15) is 18.3 Å². The summed E-state index contributed by atoms with van der Waals surface area (Å²) in [6.45, 7) is 0. The predicted octanol–water partition coefficient (Wildman–Crippen LogP) is 2.29. The standard InChI is InChI=1S/C18H19N5O4S2/c1-23-17(12-6-8-13(9-7-12)22-29(2,26)27)20-21-18(23)28-11-16(25)19-14-4-3-5-15(24)10-14/h3-10,22,24H,11H2,1-2H3,(H,19,25). The largest absolute Gasteiger partial charge is 0.508 e. The van der Waals surface area contributed by atoms with Gasteiger partial charge in [0.05, 0.1) is 12.0 Å². The summed E-state index contributed by atoms with van der Waals surface area (Å²) in [4.78, 5) is 12.1. The lowest BCUT2D eigenvalue weighted by molar-refractivity contribution is -0.113. The number of sulfonamides is 1. The Morgan fingerprint density at radius 3 is 2.52 bits per heavy atom. The molecule has 0 spiro atoms. The molecular weight excluding hydrogens is 414 g/mol. The molecule has 0 saturated carbocycles. The number of amides is 1. The third kappa shape index (κ3) is 5.72. The van der Waals surface area contributed by atoms with E-state index in [4.69, 9.17) is 0 Å². The zero-order valence-corrected chi connectivity index (χ0v) is 17.3. The van der Waals surface area contributed by atoms with Crippen LogP contribution in [0.2, 0.25) is 0 Å². The van der Waals surface area contributed by atoms with E-state index in [1.807, 2.05) is 0 Å². The number of rotatable bonds is 7. The maximum Gasteiger partial charge on any atom is 0.234 e. The van der Waals surface area contributed by atoms with Gasteiger partial charge in [-0.25, -0.2) is 8.42 Å². The van der Waals surface area contributed by atoms with Gasteiger partial charge in [0.15, 0.2) is 11.0 Å². The fourth-order valence-electron chi connectivity index (χ4n) is 2.50. The molecule has 152 valence electrons. The van der Waals surface area contributed by atoms with Crippen molar-refractivity contribution in [1.29, 1.82) is 0 Å². The van der Waals surface area contributed by atoms with Crippen LogP contribution in [0.4, 0.5) is 11.4 Å². The molecule has 9 nitrogen and oxygen atoms in total. The fourth-order valence-corrected chi connectivity index (χ4v) is 3.78. The van der Waals surface area contributed by atoms with E-state index in [2.05, 4.69) is 20.2 Å². The van der Waals surface area contributed by atoms with Gasteiger partial charge < -0.3 is 15.0 Å². The molecule has 29 heavy (non-hydrogen) atoms. The van der Waals surface area contributed by atoms with Crippen LogP contribution in [0.5, 0.6) is 5.75 Å². The molecule has 0 fully saturated rings. The maximum absolute atomic E-state index is 12.1. The summed E-state index contributed by atoms with van der Waals surface area (Å²) in [5.74, 6) is 0.554. The number of hydrogen-bond donors (Lipinski definition) is 3. The first-order valence-corrected chi connectivity index (χ1v) is 11.3. The van der Waals surface area contributed by atoms with E-state index < -0.39 is 10.0 Å². The molecule has 3 N–H and O–H groups in total. The Hall–Kier alpha value is -3.05. The van der Waals surface area contributed by atoms with Gasteiger partial charge in [-0.2, -0.15) is 0 Å². The zero-order valence-electron chi connectivity index (χ0n) is 15.7. The van der Waals surface area contributed by atoms with Crippen LogP contribution in [0, 0.1) is 0 Å². The van der Waals surface area contributed by atoms with Crippen molar-refractivity contribution in [2.24, 2.45) is 7.05 Å². The molecule has 0 bridgehead atoms. The van der Waals surface area contributed by atoms with Gasteiger partial charge in [-0.05, 0) is 36.4 Å². The molecule has 3 rings (SSSR count). The van der Waals surface area contributed by atoms with Crippen LogP contribution < -0.4 is 10.0 Å². The molecule has 1 heterocycles. The summed E-state index contributed by atoms with van der Waals surface area (Å²) in [5, 5.41) is 21.0. The van der Waals surface area contributed by atoms with Crippen molar-refractivity contribution in [2.45, 2.75) is 5.16 Å².